The molecular weight excluding hydrogens is 422 g/mol. The predicted octanol–water partition coefficient (Wildman–Crippen LogP) is 7.87. The Morgan fingerprint density at radius 1 is 0.667 bits per heavy atom. The van der Waals surface area contributed by atoms with Gasteiger partial charge in [-0.05, 0) is 35.4 Å². The molecule has 0 spiro atoms. The maximum absolute atomic E-state index is 6.26. The van der Waals surface area contributed by atoms with Crippen LogP contribution in [0.15, 0.2) is 72.9 Å². The van der Waals surface area contributed by atoms with Crippen molar-refractivity contribution in [3.8, 4) is 0 Å². The van der Waals surface area contributed by atoms with Gasteiger partial charge < -0.3 is 10.6 Å². The topological polar surface area (TPSA) is 24.1 Å². The largest absolute Gasteiger partial charge is 0.378 e. The van der Waals surface area contributed by atoms with E-state index < -0.39 is 0 Å². The second-order valence-corrected chi connectivity index (χ2v) is 7.36. The first-order chi connectivity index (χ1) is 13.1. The minimum Gasteiger partial charge on any atom is -0.378 e. The standard InChI is InChI=1S/C21H16Cl4N2/c22-16-8-4-9-17(23)20(16)26-12-15(14-6-2-1-3-7-14)13-27-21-18(24)10-5-11-19(21)25/h1-12,26-27H,13H2. The van der Waals surface area contributed by atoms with Gasteiger partial charge in [0.2, 0.25) is 0 Å². The Labute approximate surface area is 178 Å². The summed E-state index contributed by atoms with van der Waals surface area (Å²) in [5.74, 6) is 0. The van der Waals surface area contributed by atoms with Crippen LogP contribution in [0.4, 0.5) is 11.4 Å². The summed E-state index contributed by atoms with van der Waals surface area (Å²) in [5.41, 5.74) is 3.38. The molecule has 3 aromatic carbocycles. The molecule has 0 aliphatic rings. The number of nitrogens with one attached hydrogen (secondary N) is 2. The van der Waals surface area contributed by atoms with Crippen LogP contribution in [0.25, 0.3) is 5.57 Å². The molecule has 2 nitrogen and oxygen atoms in total. The molecule has 0 radical (unpaired) electrons. The summed E-state index contributed by atoms with van der Waals surface area (Å²) in [6.45, 7) is 0.503. The van der Waals surface area contributed by atoms with E-state index >= 15 is 0 Å². The number of rotatable bonds is 6. The van der Waals surface area contributed by atoms with Gasteiger partial charge in [-0.2, -0.15) is 0 Å². The van der Waals surface area contributed by atoms with Gasteiger partial charge in [0.05, 0.1) is 31.5 Å². The van der Waals surface area contributed by atoms with Crippen LogP contribution in [-0.2, 0) is 0 Å². The zero-order valence-electron chi connectivity index (χ0n) is 14.1. The molecule has 0 saturated heterocycles. The van der Waals surface area contributed by atoms with E-state index in [1.54, 1.807) is 30.3 Å². The zero-order valence-corrected chi connectivity index (χ0v) is 17.2. The van der Waals surface area contributed by atoms with Gasteiger partial charge in [0.25, 0.3) is 0 Å². The maximum atomic E-state index is 6.26. The van der Waals surface area contributed by atoms with Crippen molar-refractivity contribution >= 4 is 63.4 Å². The molecule has 3 aromatic rings. The molecule has 138 valence electrons. The Balaban J connectivity index is 1.88. The van der Waals surface area contributed by atoms with E-state index in [1.165, 1.54) is 0 Å². The molecule has 0 fully saturated rings. The molecule has 0 heterocycles. The molecule has 27 heavy (non-hydrogen) atoms. The van der Waals surface area contributed by atoms with E-state index in [4.69, 9.17) is 46.4 Å². The number of halogens is 4. The minimum atomic E-state index is 0.503. The van der Waals surface area contributed by atoms with Crippen molar-refractivity contribution in [3.05, 3.63) is 98.6 Å². The van der Waals surface area contributed by atoms with E-state index in [-0.39, 0.29) is 0 Å². The third-order valence-electron chi connectivity index (χ3n) is 3.92. The maximum Gasteiger partial charge on any atom is 0.0758 e. The fraction of sp³-hybridized carbons (Fsp3) is 0.0476. The van der Waals surface area contributed by atoms with Crippen LogP contribution in [0.3, 0.4) is 0 Å². The van der Waals surface area contributed by atoms with Crippen LogP contribution < -0.4 is 10.6 Å². The van der Waals surface area contributed by atoms with Gasteiger partial charge in [-0.25, -0.2) is 0 Å². The van der Waals surface area contributed by atoms with Gasteiger partial charge in [0.1, 0.15) is 0 Å². The molecule has 3 rings (SSSR count). The Morgan fingerprint density at radius 3 is 1.74 bits per heavy atom. The van der Waals surface area contributed by atoms with Crippen LogP contribution in [0.5, 0.6) is 0 Å². The summed E-state index contributed by atoms with van der Waals surface area (Å²) in [5, 5.41) is 8.75. The second-order valence-electron chi connectivity index (χ2n) is 5.73. The highest BCUT2D eigenvalue weighted by molar-refractivity contribution is 6.39. The molecule has 0 unspecified atom stereocenters. The summed E-state index contributed by atoms with van der Waals surface area (Å²) in [6, 6.07) is 20.8. The predicted molar refractivity (Wildman–Crippen MR) is 119 cm³/mol. The second kappa shape index (κ2) is 9.38. The Morgan fingerprint density at radius 2 is 1.19 bits per heavy atom. The van der Waals surface area contributed by atoms with Gasteiger partial charge in [-0.15, -0.1) is 0 Å². The molecule has 0 aliphatic carbocycles. The van der Waals surface area contributed by atoms with Crippen molar-refractivity contribution in [1.29, 1.82) is 0 Å². The van der Waals surface area contributed by atoms with E-state index in [0.717, 1.165) is 11.1 Å². The first-order valence-electron chi connectivity index (χ1n) is 8.19. The van der Waals surface area contributed by atoms with Gasteiger partial charge in [0, 0.05) is 12.7 Å². The van der Waals surface area contributed by atoms with Crippen molar-refractivity contribution < 1.29 is 0 Å². The van der Waals surface area contributed by atoms with E-state index in [0.29, 0.717) is 38.0 Å². The SMILES string of the molecule is Clc1cccc(Cl)c1NC=C(CNc1c(Cl)cccc1Cl)c1ccccc1. The Kier molecular flexibility index (Phi) is 6.92. The molecule has 6 heteroatoms. The van der Waals surface area contributed by atoms with Crippen molar-refractivity contribution in [2.45, 2.75) is 0 Å². The Hall–Kier alpha value is -1.84. The lowest BCUT2D eigenvalue weighted by molar-refractivity contribution is 1.33. The van der Waals surface area contributed by atoms with Crippen LogP contribution >= 0.6 is 46.4 Å². The normalized spacial score (nSPS) is 11.3. The van der Waals surface area contributed by atoms with E-state index in [9.17, 15) is 0 Å². The van der Waals surface area contributed by atoms with Crippen LogP contribution in [-0.4, -0.2) is 6.54 Å². The van der Waals surface area contributed by atoms with Crippen LogP contribution in [0, 0.1) is 0 Å². The van der Waals surface area contributed by atoms with E-state index in [2.05, 4.69) is 10.6 Å². The molecule has 0 aliphatic heterocycles. The highest BCUT2D eigenvalue weighted by Gasteiger charge is 2.09. The lowest BCUT2D eigenvalue weighted by Gasteiger charge is -2.14. The third-order valence-corrected chi connectivity index (χ3v) is 5.18. The summed E-state index contributed by atoms with van der Waals surface area (Å²) in [6.07, 6.45) is 1.88. The van der Waals surface area contributed by atoms with Crippen molar-refractivity contribution in [2.24, 2.45) is 0 Å². The van der Waals surface area contributed by atoms with Crippen molar-refractivity contribution in [1.82, 2.24) is 0 Å². The molecular formula is C21H16Cl4N2. The van der Waals surface area contributed by atoms with Crippen LogP contribution in [0.2, 0.25) is 20.1 Å². The molecule has 0 atom stereocenters. The lowest BCUT2D eigenvalue weighted by atomic mass is 10.1. The average molecular weight is 438 g/mol. The fourth-order valence-electron chi connectivity index (χ4n) is 2.53. The molecule has 0 aromatic heterocycles. The van der Waals surface area contributed by atoms with Gasteiger partial charge in [-0.1, -0.05) is 88.9 Å². The summed E-state index contributed by atoms with van der Waals surface area (Å²) in [4.78, 5) is 0. The highest BCUT2D eigenvalue weighted by atomic mass is 35.5. The van der Waals surface area contributed by atoms with E-state index in [1.807, 2.05) is 42.6 Å². The number of benzene rings is 3. The highest BCUT2D eigenvalue weighted by Crippen LogP contribution is 2.32. The minimum absolute atomic E-state index is 0.503. The van der Waals surface area contributed by atoms with Crippen molar-refractivity contribution in [3.63, 3.8) is 0 Å². The van der Waals surface area contributed by atoms with Crippen molar-refractivity contribution in [2.75, 3.05) is 17.2 Å². The quantitative estimate of drug-likeness (QED) is 0.409. The summed E-state index contributed by atoms with van der Waals surface area (Å²) < 4.78 is 0. The number of hydrogen-bond donors (Lipinski definition) is 2. The molecule has 2 N–H and O–H groups in total. The first kappa shape index (κ1) is 19.9. The van der Waals surface area contributed by atoms with Gasteiger partial charge in [0.15, 0.2) is 0 Å². The molecule has 0 amide bonds. The first-order valence-corrected chi connectivity index (χ1v) is 9.70. The smallest absolute Gasteiger partial charge is 0.0758 e. The van der Waals surface area contributed by atoms with Gasteiger partial charge in [-0.3, -0.25) is 0 Å². The Bertz CT molecular complexity index is 915. The number of hydrogen-bond acceptors (Lipinski definition) is 2. The van der Waals surface area contributed by atoms with Gasteiger partial charge >= 0.3 is 0 Å². The molecule has 0 bridgehead atoms. The summed E-state index contributed by atoms with van der Waals surface area (Å²) >= 11 is 25.0. The third kappa shape index (κ3) is 5.12. The summed E-state index contributed by atoms with van der Waals surface area (Å²) in [7, 11) is 0. The fourth-order valence-corrected chi connectivity index (χ4v) is 3.57. The number of anilines is 2. The average Bonchev–Trinajstić information content (AvgIpc) is 2.66. The van der Waals surface area contributed by atoms with Crippen LogP contribution in [0.1, 0.15) is 5.56 Å². The number of para-hydroxylation sites is 2. The zero-order chi connectivity index (χ0) is 19.2. The lowest BCUT2D eigenvalue weighted by Crippen LogP contribution is -2.07. The monoisotopic (exact) mass is 436 g/mol. The molecule has 0 saturated carbocycles.